The summed E-state index contributed by atoms with van der Waals surface area (Å²) in [7, 11) is 0. The number of hydrogen-bond donors (Lipinski definition) is 1. The Kier molecular flexibility index (Phi) is 5.53. The zero-order chi connectivity index (χ0) is 20.5. The van der Waals surface area contributed by atoms with Gasteiger partial charge in [-0.25, -0.2) is 0 Å². The van der Waals surface area contributed by atoms with Crippen LogP contribution < -0.4 is 5.32 Å². The van der Waals surface area contributed by atoms with E-state index in [-0.39, 0.29) is 17.7 Å². The maximum absolute atomic E-state index is 13.1. The van der Waals surface area contributed by atoms with E-state index in [1.807, 2.05) is 4.90 Å². The molecule has 3 aliphatic rings. The van der Waals surface area contributed by atoms with Crippen molar-refractivity contribution in [1.82, 2.24) is 10.2 Å². The second-order valence-corrected chi connectivity index (χ2v) is 9.43. The topological polar surface area (TPSA) is 62.6 Å². The first-order valence-corrected chi connectivity index (χ1v) is 11.8. The third-order valence-electron chi connectivity index (χ3n) is 7.31. The van der Waals surface area contributed by atoms with Crippen molar-refractivity contribution in [3.05, 3.63) is 35.1 Å². The number of carbonyl (C=O) groups is 2. The first kappa shape index (κ1) is 19.7. The summed E-state index contributed by atoms with van der Waals surface area (Å²) in [5.41, 5.74) is 4.65. The van der Waals surface area contributed by atoms with E-state index in [0.717, 1.165) is 61.6 Å². The number of nitrogens with zero attached hydrogens (tertiary/aromatic N) is 1. The zero-order valence-electron chi connectivity index (χ0n) is 17.8. The molecule has 1 saturated heterocycles. The molecule has 5 rings (SSSR count). The van der Waals surface area contributed by atoms with Crippen molar-refractivity contribution in [2.75, 3.05) is 13.1 Å². The van der Waals surface area contributed by atoms with Crippen LogP contribution in [0, 0.1) is 5.92 Å². The highest BCUT2D eigenvalue weighted by Crippen LogP contribution is 2.31. The molecule has 5 nitrogen and oxygen atoms in total. The summed E-state index contributed by atoms with van der Waals surface area (Å²) < 4.78 is 5.77. The molecule has 1 aliphatic heterocycles. The van der Waals surface area contributed by atoms with Crippen LogP contribution in [0.25, 0.3) is 11.0 Å². The Morgan fingerprint density at radius 3 is 2.63 bits per heavy atom. The fourth-order valence-corrected chi connectivity index (χ4v) is 5.54. The van der Waals surface area contributed by atoms with E-state index in [4.69, 9.17) is 4.42 Å². The summed E-state index contributed by atoms with van der Waals surface area (Å²) in [5, 5.41) is 4.33. The van der Waals surface area contributed by atoms with Gasteiger partial charge >= 0.3 is 0 Å². The highest BCUT2D eigenvalue weighted by atomic mass is 16.3. The molecule has 1 atom stereocenters. The Morgan fingerprint density at radius 2 is 1.80 bits per heavy atom. The van der Waals surface area contributed by atoms with Crippen molar-refractivity contribution < 1.29 is 14.0 Å². The predicted octanol–water partition coefficient (Wildman–Crippen LogP) is 4.15. The van der Waals surface area contributed by atoms with Crippen LogP contribution in [0.1, 0.15) is 68.1 Å². The van der Waals surface area contributed by atoms with Gasteiger partial charge in [-0.2, -0.15) is 0 Å². The SMILES string of the molecule is O=C(NC1CCCCC1)C1CCCN(C(=O)Cc2coc3cc4c(cc23)CCC4)C1. The van der Waals surface area contributed by atoms with Gasteiger partial charge in [-0.1, -0.05) is 19.3 Å². The summed E-state index contributed by atoms with van der Waals surface area (Å²) in [6.45, 7) is 1.29. The van der Waals surface area contributed by atoms with Gasteiger partial charge in [0.2, 0.25) is 11.8 Å². The summed E-state index contributed by atoms with van der Waals surface area (Å²) >= 11 is 0. The Bertz CT molecular complexity index is 941. The van der Waals surface area contributed by atoms with Gasteiger partial charge in [-0.05, 0) is 68.2 Å². The number of piperidine rings is 1. The predicted molar refractivity (Wildman–Crippen MR) is 116 cm³/mol. The molecule has 30 heavy (non-hydrogen) atoms. The van der Waals surface area contributed by atoms with Gasteiger partial charge in [-0.3, -0.25) is 9.59 Å². The number of nitrogens with one attached hydrogen (secondary N) is 1. The first-order valence-electron chi connectivity index (χ1n) is 11.8. The van der Waals surface area contributed by atoms with Gasteiger partial charge < -0.3 is 14.6 Å². The minimum Gasteiger partial charge on any atom is -0.464 e. The Labute approximate surface area is 178 Å². The van der Waals surface area contributed by atoms with Gasteiger partial charge in [0.25, 0.3) is 0 Å². The number of furan rings is 1. The van der Waals surface area contributed by atoms with Crippen LogP contribution in [0.15, 0.2) is 22.8 Å². The molecule has 2 aromatic rings. The van der Waals surface area contributed by atoms with Gasteiger partial charge in [0, 0.05) is 30.1 Å². The zero-order valence-corrected chi connectivity index (χ0v) is 17.8. The summed E-state index contributed by atoms with van der Waals surface area (Å²) in [6.07, 6.45) is 13.2. The average Bonchev–Trinajstić information content (AvgIpc) is 3.39. The number of likely N-dealkylation sites (tertiary alicyclic amines) is 1. The van der Waals surface area contributed by atoms with E-state index in [0.29, 0.717) is 19.0 Å². The smallest absolute Gasteiger partial charge is 0.227 e. The number of rotatable bonds is 4. The average molecular weight is 409 g/mol. The van der Waals surface area contributed by atoms with E-state index in [1.165, 1.54) is 36.8 Å². The van der Waals surface area contributed by atoms with Crippen molar-refractivity contribution in [1.29, 1.82) is 0 Å². The van der Waals surface area contributed by atoms with Gasteiger partial charge in [-0.15, -0.1) is 0 Å². The molecule has 160 valence electrons. The molecule has 1 aromatic heterocycles. The van der Waals surface area contributed by atoms with Crippen molar-refractivity contribution in [2.24, 2.45) is 5.92 Å². The van der Waals surface area contributed by atoms with E-state index in [9.17, 15) is 9.59 Å². The van der Waals surface area contributed by atoms with Crippen LogP contribution in [0.5, 0.6) is 0 Å². The van der Waals surface area contributed by atoms with E-state index >= 15 is 0 Å². The fourth-order valence-electron chi connectivity index (χ4n) is 5.54. The largest absolute Gasteiger partial charge is 0.464 e. The van der Waals surface area contributed by atoms with Gasteiger partial charge in [0.05, 0.1) is 18.6 Å². The molecule has 2 fully saturated rings. The van der Waals surface area contributed by atoms with Crippen molar-refractivity contribution in [2.45, 2.75) is 76.7 Å². The highest BCUT2D eigenvalue weighted by Gasteiger charge is 2.30. The number of carbonyl (C=O) groups excluding carboxylic acids is 2. The molecule has 2 aliphatic carbocycles. The molecule has 1 aromatic carbocycles. The van der Waals surface area contributed by atoms with Crippen molar-refractivity contribution in [3.63, 3.8) is 0 Å². The number of hydrogen-bond acceptors (Lipinski definition) is 3. The lowest BCUT2D eigenvalue weighted by atomic mass is 9.92. The third kappa shape index (κ3) is 3.99. The fraction of sp³-hybridized carbons (Fsp3) is 0.600. The van der Waals surface area contributed by atoms with E-state index < -0.39 is 0 Å². The lowest BCUT2D eigenvalue weighted by Crippen LogP contribution is -2.48. The number of aryl methyl sites for hydroxylation is 2. The van der Waals surface area contributed by atoms with Crippen molar-refractivity contribution in [3.8, 4) is 0 Å². The quantitative estimate of drug-likeness (QED) is 0.827. The monoisotopic (exact) mass is 408 g/mol. The summed E-state index contributed by atoms with van der Waals surface area (Å²) in [4.78, 5) is 27.7. The maximum Gasteiger partial charge on any atom is 0.227 e. The number of amides is 2. The van der Waals surface area contributed by atoms with Crippen molar-refractivity contribution >= 4 is 22.8 Å². The van der Waals surface area contributed by atoms with Crippen LogP contribution in [0.2, 0.25) is 0 Å². The van der Waals surface area contributed by atoms with E-state index in [2.05, 4.69) is 17.4 Å². The van der Waals surface area contributed by atoms with Crippen LogP contribution >= 0.6 is 0 Å². The first-order chi connectivity index (χ1) is 14.7. The minimum absolute atomic E-state index is 0.0750. The molecule has 1 saturated carbocycles. The van der Waals surface area contributed by atoms with Gasteiger partial charge in [0.1, 0.15) is 5.58 Å². The normalized spacial score (nSPS) is 22.3. The molecule has 1 unspecified atom stereocenters. The Morgan fingerprint density at radius 1 is 1.00 bits per heavy atom. The molecule has 5 heteroatoms. The molecule has 1 N–H and O–H groups in total. The molecule has 0 bridgehead atoms. The Balaban J connectivity index is 1.23. The van der Waals surface area contributed by atoms with Crippen LogP contribution in [0.4, 0.5) is 0 Å². The lowest BCUT2D eigenvalue weighted by molar-refractivity contribution is -0.135. The highest BCUT2D eigenvalue weighted by molar-refractivity contribution is 5.89. The van der Waals surface area contributed by atoms with Gasteiger partial charge in [0.15, 0.2) is 0 Å². The van der Waals surface area contributed by atoms with Crippen LogP contribution in [0.3, 0.4) is 0 Å². The van der Waals surface area contributed by atoms with Crippen LogP contribution in [-0.2, 0) is 28.9 Å². The lowest BCUT2D eigenvalue weighted by Gasteiger charge is -2.33. The second-order valence-electron chi connectivity index (χ2n) is 9.43. The summed E-state index contributed by atoms with van der Waals surface area (Å²) in [5.74, 6) is 0.172. The Hall–Kier alpha value is -2.30. The maximum atomic E-state index is 13.1. The molecular weight excluding hydrogens is 376 g/mol. The molecular formula is C25H32N2O3. The standard InChI is InChI=1S/C25H32N2O3/c28-24(14-20-16-30-23-13-18-7-4-6-17(18)12-22(20)23)27-11-5-8-19(15-27)25(29)26-21-9-2-1-3-10-21/h12-13,16,19,21H,1-11,14-15H2,(H,26,29). The molecule has 0 spiro atoms. The number of benzene rings is 1. The third-order valence-corrected chi connectivity index (χ3v) is 7.31. The minimum atomic E-state index is -0.0750. The van der Waals surface area contributed by atoms with Crippen LogP contribution in [-0.4, -0.2) is 35.8 Å². The number of fused-ring (bicyclic) bond motifs is 2. The summed E-state index contributed by atoms with van der Waals surface area (Å²) in [6, 6.07) is 4.70. The molecule has 2 amide bonds. The molecule has 0 radical (unpaired) electrons. The second kappa shape index (κ2) is 8.44. The van der Waals surface area contributed by atoms with E-state index in [1.54, 1.807) is 6.26 Å². The molecule has 2 heterocycles.